The van der Waals surface area contributed by atoms with Crippen LogP contribution >= 0.6 is 15.9 Å². The predicted octanol–water partition coefficient (Wildman–Crippen LogP) is 3.12. The van der Waals surface area contributed by atoms with Crippen LogP contribution in [0.1, 0.15) is 30.1 Å². The van der Waals surface area contributed by atoms with Crippen LogP contribution in [0, 0.1) is 0 Å². The minimum Gasteiger partial charge on any atom is -0.383 e. The van der Waals surface area contributed by atoms with Crippen molar-refractivity contribution in [3.63, 3.8) is 0 Å². The summed E-state index contributed by atoms with van der Waals surface area (Å²) in [6.45, 7) is 2.03. The lowest BCUT2D eigenvalue weighted by molar-refractivity contribution is 0.129. The molecule has 0 saturated carbocycles. The van der Waals surface area contributed by atoms with E-state index in [1.807, 2.05) is 37.3 Å². The fourth-order valence-electron chi connectivity index (χ4n) is 1.90. The first kappa shape index (κ1) is 14.0. The van der Waals surface area contributed by atoms with Gasteiger partial charge in [0.2, 0.25) is 0 Å². The van der Waals surface area contributed by atoms with Crippen molar-refractivity contribution < 1.29 is 4.74 Å². The highest BCUT2D eigenvalue weighted by molar-refractivity contribution is 9.10. The molecule has 2 rings (SSSR count). The molecule has 0 radical (unpaired) electrons. The topological polar surface area (TPSA) is 61.0 Å². The predicted molar refractivity (Wildman–Crippen MR) is 78.8 cm³/mol. The molecule has 0 spiro atoms. The third kappa shape index (κ3) is 2.93. The van der Waals surface area contributed by atoms with Crippen LogP contribution < -0.4 is 5.73 Å². The van der Waals surface area contributed by atoms with E-state index in [-0.39, 0.29) is 6.10 Å². The number of rotatable bonds is 4. The van der Waals surface area contributed by atoms with Gasteiger partial charge in [-0.05, 0) is 27.9 Å². The Morgan fingerprint density at radius 2 is 1.95 bits per heavy atom. The average Bonchev–Trinajstić information content (AvgIpc) is 2.44. The number of aryl methyl sites for hydroxylation is 1. The summed E-state index contributed by atoms with van der Waals surface area (Å²) in [6, 6.07) is 9.86. The molecule has 1 aromatic heterocycles. The molecular weight excluding hydrogens is 306 g/mol. The summed E-state index contributed by atoms with van der Waals surface area (Å²) in [5.41, 5.74) is 7.81. The third-order valence-electron chi connectivity index (χ3n) is 2.87. The molecule has 5 heteroatoms. The van der Waals surface area contributed by atoms with E-state index in [1.54, 1.807) is 7.11 Å². The maximum absolute atomic E-state index is 5.91. The van der Waals surface area contributed by atoms with Crippen molar-refractivity contribution in [3.8, 4) is 0 Å². The first-order valence-electron chi connectivity index (χ1n) is 6.06. The van der Waals surface area contributed by atoms with Crippen LogP contribution in [0.5, 0.6) is 0 Å². The minimum absolute atomic E-state index is 0.304. The fourth-order valence-corrected chi connectivity index (χ4v) is 2.36. The highest BCUT2D eigenvalue weighted by atomic mass is 79.9. The standard InChI is InChI=1S/C14H16BrN3O/c1-3-10-11(15)13(16)18-14(17-10)12(19-2)9-7-5-4-6-8-9/h4-8,12H,3H2,1-2H3,(H2,16,17,18). The molecule has 19 heavy (non-hydrogen) atoms. The Morgan fingerprint density at radius 3 is 2.53 bits per heavy atom. The van der Waals surface area contributed by atoms with E-state index >= 15 is 0 Å². The molecular formula is C14H16BrN3O. The summed E-state index contributed by atoms with van der Waals surface area (Å²) in [4.78, 5) is 8.86. The zero-order valence-corrected chi connectivity index (χ0v) is 12.5. The Balaban J connectivity index is 2.47. The van der Waals surface area contributed by atoms with E-state index in [0.29, 0.717) is 11.6 Å². The maximum atomic E-state index is 5.91. The highest BCUT2D eigenvalue weighted by Gasteiger charge is 2.19. The molecule has 0 saturated heterocycles. The number of aromatic nitrogens is 2. The van der Waals surface area contributed by atoms with Gasteiger partial charge in [0.1, 0.15) is 11.9 Å². The Kier molecular flexibility index (Phi) is 4.50. The van der Waals surface area contributed by atoms with Gasteiger partial charge in [-0.25, -0.2) is 9.97 Å². The van der Waals surface area contributed by atoms with E-state index in [9.17, 15) is 0 Å². The van der Waals surface area contributed by atoms with Gasteiger partial charge in [0.25, 0.3) is 0 Å². The molecule has 1 heterocycles. The van der Waals surface area contributed by atoms with Crippen molar-refractivity contribution in [3.05, 3.63) is 51.9 Å². The molecule has 100 valence electrons. The number of anilines is 1. The summed E-state index contributed by atoms with van der Waals surface area (Å²) in [5, 5.41) is 0. The molecule has 0 bridgehead atoms. The molecule has 0 aliphatic rings. The second kappa shape index (κ2) is 6.12. The number of halogens is 1. The van der Waals surface area contributed by atoms with Gasteiger partial charge in [0.05, 0.1) is 10.2 Å². The molecule has 0 aliphatic carbocycles. The monoisotopic (exact) mass is 321 g/mol. The number of nitrogens with two attached hydrogens (primary N) is 1. The number of ether oxygens (including phenoxy) is 1. The summed E-state index contributed by atoms with van der Waals surface area (Å²) >= 11 is 3.41. The van der Waals surface area contributed by atoms with E-state index in [1.165, 1.54) is 0 Å². The number of hydrogen-bond donors (Lipinski definition) is 1. The molecule has 2 N–H and O–H groups in total. The zero-order chi connectivity index (χ0) is 13.8. The van der Waals surface area contributed by atoms with Crippen molar-refractivity contribution in [2.75, 3.05) is 12.8 Å². The molecule has 1 unspecified atom stereocenters. The van der Waals surface area contributed by atoms with Crippen molar-refractivity contribution in [1.82, 2.24) is 9.97 Å². The van der Waals surface area contributed by atoms with Crippen molar-refractivity contribution in [2.45, 2.75) is 19.4 Å². The number of nitrogen functional groups attached to an aromatic ring is 1. The van der Waals surface area contributed by atoms with Crippen molar-refractivity contribution >= 4 is 21.7 Å². The summed E-state index contributed by atoms with van der Waals surface area (Å²) in [6.07, 6.45) is 0.479. The molecule has 1 atom stereocenters. The van der Waals surface area contributed by atoms with E-state index in [4.69, 9.17) is 10.5 Å². The van der Waals surface area contributed by atoms with Gasteiger partial charge >= 0.3 is 0 Å². The van der Waals surface area contributed by atoms with Gasteiger partial charge in [0.15, 0.2) is 5.82 Å². The summed E-state index contributed by atoms with van der Waals surface area (Å²) in [7, 11) is 1.64. The van der Waals surface area contributed by atoms with Gasteiger partial charge in [-0.3, -0.25) is 0 Å². The van der Waals surface area contributed by atoms with Crippen molar-refractivity contribution in [2.24, 2.45) is 0 Å². The smallest absolute Gasteiger partial charge is 0.164 e. The summed E-state index contributed by atoms with van der Waals surface area (Å²) < 4.78 is 6.29. The molecule has 4 nitrogen and oxygen atoms in total. The Hall–Kier alpha value is -1.46. The van der Waals surface area contributed by atoms with Gasteiger partial charge in [-0.15, -0.1) is 0 Å². The van der Waals surface area contributed by atoms with Crippen LogP contribution in [-0.4, -0.2) is 17.1 Å². The van der Waals surface area contributed by atoms with Gasteiger partial charge < -0.3 is 10.5 Å². The molecule has 0 fully saturated rings. The van der Waals surface area contributed by atoms with Gasteiger partial charge in [-0.2, -0.15) is 0 Å². The second-order valence-corrected chi connectivity index (χ2v) is 4.90. The van der Waals surface area contributed by atoms with E-state index < -0.39 is 0 Å². The molecule has 1 aromatic carbocycles. The number of benzene rings is 1. The van der Waals surface area contributed by atoms with Crippen molar-refractivity contribution in [1.29, 1.82) is 0 Å². The zero-order valence-electron chi connectivity index (χ0n) is 10.9. The first-order valence-corrected chi connectivity index (χ1v) is 6.86. The number of hydrogen-bond acceptors (Lipinski definition) is 4. The van der Waals surface area contributed by atoms with Gasteiger partial charge in [0, 0.05) is 7.11 Å². The lowest BCUT2D eigenvalue weighted by atomic mass is 10.1. The van der Waals surface area contributed by atoms with Crippen LogP contribution in [-0.2, 0) is 11.2 Å². The Labute approximate surface area is 121 Å². The molecule has 0 aliphatic heterocycles. The van der Waals surface area contributed by atoms with Crippen LogP contribution in [0.4, 0.5) is 5.82 Å². The Bertz CT molecular complexity index is 560. The lowest BCUT2D eigenvalue weighted by Gasteiger charge is -2.16. The van der Waals surface area contributed by atoms with Crippen LogP contribution in [0.15, 0.2) is 34.8 Å². The van der Waals surface area contributed by atoms with Crippen LogP contribution in [0.25, 0.3) is 0 Å². The lowest BCUT2D eigenvalue weighted by Crippen LogP contribution is -2.12. The maximum Gasteiger partial charge on any atom is 0.164 e. The Morgan fingerprint density at radius 1 is 1.26 bits per heavy atom. The quantitative estimate of drug-likeness (QED) is 0.939. The second-order valence-electron chi connectivity index (χ2n) is 4.11. The fraction of sp³-hybridized carbons (Fsp3) is 0.286. The van der Waals surface area contributed by atoms with E-state index in [2.05, 4.69) is 25.9 Å². The third-order valence-corrected chi connectivity index (χ3v) is 3.73. The largest absolute Gasteiger partial charge is 0.383 e. The van der Waals surface area contributed by atoms with Gasteiger partial charge in [-0.1, -0.05) is 37.3 Å². The average molecular weight is 322 g/mol. The number of methoxy groups -OCH3 is 1. The molecule has 0 amide bonds. The SMILES string of the molecule is CCc1nc(C(OC)c2ccccc2)nc(N)c1Br. The normalized spacial score (nSPS) is 12.4. The highest BCUT2D eigenvalue weighted by Crippen LogP contribution is 2.27. The summed E-state index contributed by atoms with van der Waals surface area (Å²) in [5.74, 6) is 1.03. The van der Waals surface area contributed by atoms with E-state index in [0.717, 1.165) is 22.2 Å². The minimum atomic E-state index is -0.304. The molecule has 2 aromatic rings. The van der Waals surface area contributed by atoms with Crippen LogP contribution in [0.2, 0.25) is 0 Å². The van der Waals surface area contributed by atoms with Crippen LogP contribution in [0.3, 0.4) is 0 Å². The number of nitrogens with zero attached hydrogens (tertiary/aromatic N) is 2. The first-order chi connectivity index (χ1) is 9.17.